The summed E-state index contributed by atoms with van der Waals surface area (Å²) >= 11 is 0. The standard InChI is InChI=1S/C14H20F2N2/c15-13-6-4-5-12(14(13)16)11-17-7-10-18-8-2-1-3-9-18/h4-6,17H,1-3,7-11H2. The molecule has 1 aromatic carbocycles. The summed E-state index contributed by atoms with van der Waals surface area (Å²) in [5.74, 6) is -1.51. The molecule has 0 atom stereocenters. The average Bonchev–Trinajstić information content (AvgIpc) is 2.40. The van der Waals surface area contributed by atoms with Gasteiger partial charge in [0.2, 0.25) is 0 Å². The molecule has 1 saturated heterocycles. The maximum absolute atomic E-state index is 13.4. The fourth-order valence-electron chi connectivity index (χ4n) is 2.33. The van der Waals surface area contributed by atoms with Gasteiger partial charge in [0, 0.05) is 25.2 Å². The van der Waals surface area contributed by atoms with Gasteiger partial charge in [0.05, 0.1) is 0 Å². The van der Waals surface area contributed by atoms with Gasteiger partial charge in [-0.15, -0.1) is 0 Å². The van der Waals surface area contributed by atoms with Crippen LogP contribution in [0, 0.1) is 11.6 Å². The first-order chi connectivity index (χ1) is 8.77. The van der Waals surface area contributed by atoms with Gasteiger partial charge < -0.3 is 10.2 Å². The van der Waals surface area contributed by atoms with Gasteiger partial charge in [-0.2, -0.15) is 0 Å². The van der Waals surface area contributed by atoms with Crippen LogP contribution in [0.15, 0.2) is 18.2 Å². The fourth-order valence-corrected chi connectivity index (χ4v) is 2.33. The van der Waals surface area contributed by atoms with Gasteiger partial charge in [-0.3, -0.25) is 0 Å². The summed E-state index contributed by atoms with van der Waals surface area (Å²) in [6, 6.07) is 4.30. The van der Waals surface area contributed by atoms with Crippen LogP contribution in [0.4, 0.5) is 8.78 Å². The van der Waals surface area contributed by atoms with E-state index >= 15 is 0 Å². The Morgan fingerprint density at radius 1 is 1.11 bits per heavy atom. The normalized spacial score (nSPS) is 17.0. The Morgan fingerprint density at radius 2 is 1.89 bits per heavy atom. The first kappa shape index (κ1) is 13.4. The summed E-state index contributed by atoms with van der Waals surface area (Å²) in [4.78, 5) is 2.42. The molecule has 0 unspecified atom stereocenters. The van der Waals surface area contributed by atoms with E-state index in [0.29, 0.717) is 12.1 Å². The van der Waals surface area contributed by atoms with Crippen molar-refractivity contribution in [3.05, 3.63) is 35.4 Å². The van der Waals surface area contributed by atoms with Crippen LogP contribution in [0.5, 0.6) is 0 Å². The molecule has 2 rings (SSSR count). The molecule has 0 saturated carbocycles. The van der Waals surface area contributed by atoms with Crippen molar-refractivity contribution in [3.8, 4) is 0 Å². The molecule has 4 heteroatoms. The SMILES string of the molecule is Fc1cccc(CNCCN2CCCCC2)c1F. The number of benzene rings is 1. The predicted octanol–water partition coefficient (Wildman–Crippen LogP) is 2.54. The molecule has 1 aliphatic rings. The van der Waals surface area contributed by atoms with Gasteiger partial charge in [0.1, 0.15) is 0 Å². The summed E-state index contributed by atoms with van der Waals surface area (Å²) in [7, 11) is 0. The van der Waals surface area contributed by atoms with Crippen LogP contribution in [0.25, 0.3) is 0 Å². The summed E-state index contributed by atoms with van der Waals surface area (Å²) < 4.78 is 26.3. The van der Waals surface area contributed by atoms with Crippen LogP contribution in [-0.2, 0) is 6.54 Å². The lowest BCUT2D eigenvalue weighted by Gasteiger charge is -2.26. The van der Waals surface area contributed by atoms with E-state index in [0.717, 1.165) is 32.2 Å². The van der Waals surface area contributed by atoms with Crippen molar-refractivity contribution >= 4 is 0 Å². The molecule has 1 heterocycles. The smallest absolute Gasteiger partial charge is 0.163 e. The number of hydrogen-bond acceptors (Lipinski definition) is 2. The van der Waals surface area contributed by atoms with Crippen LogP contribution >= 0.6 is 0 Å². The highest BCUT2D eigenvalue weighted by Gasteiger charge is 2.10. The Bertz CT molecular complexity index is 376. The minimum absolute atomic E-state index is 0.386. The average molecular weight is 254 g/mol. The Labute approximate surface area is 107 Å². The third-order valence-corrected chi connectivity index (χ3v) is 3.40. The summed E-state index contributed by atoms with van der Waals surface area (Å²) in [6.07, 6.45) is 3.88. The minimum atomic E-state index is -0.773. The van der Waals surface area contributed by atoms with E-state index < -0.39 is 11.6 Å². The quantitative estimate of drug-likeness (QED) is 0.812. The van der Waals surface area contributed by atoms with Crippen molar-refractivity contribution in [1.29, 1.82) is 0 Å². The second kappa shape index (κ2) is 6.81. The number of halogens is 2. The molecule has 18 heavy (non-hydrogen) atoms. The zero-order valence-corrected chi connectivity index (χ0v) is 10.6. The highest BCUT2D eigenvalue weighted by molar-refractivity contribution is 5.18. The van der Waals surface area contributed by atoms with Gasteiger partial charge in [-0.05, 0) is 32.0 Å². The number of hydrogen-bond donors (Lipinski definition) is 1. The predicted molar refractivity (Wildman–Crippen MR) is 68.4 cm³/mol. The summed E-state index contributed by atoms with van der Waals surface area (Å²) in [6.45, 7) is 4.51. The topological polar surface area (TPSA) is 15.3 Å². The number of nitrogens with one attached hydrogen (secondary N) is 1. The minimum Gasteiger partial charge on any atom is -0.311 e. The summed E-state index contributed by atoms with van der Waals surface area (Å²) in [5, 5.41) is 3.17. The summed E-state index contributed by atoms with van der Waals surface area (Å²) in [5.41, 5.74) is 0.397. The molecule has 1 fully saturated rings. The van der Waals surface area contributed by atoms with Gasteiger partial charge >= 0.3 is 0 Å². The largest absolute Gasteiger partial charge is 0.311 e. The molecule has 2 nitrogen and oxygen atoms in total. The first-order valence-electron chi connectivity index (χ1n) is 6.63. The van der Waals surface area contributed by atoms with E-state index in [4.69, 9.17) is 0 Å². The zero-order chi connectivity index (χ0) is 12.8. The number of piperidine rings is 1. The van der Waals surface area contributed by atoms with Crippen molar-refractivity contribution < 1.29 is 8.78 Å². The van der Waals surface area contributed by atoms with Gasteiger partial charge in [-0.25, -0.2) is 8.78 Å². The van der Waals surface area contributed by atoms with E-state index in [-0.39, 0.29) is 0 Å². The van der Waals surface area contributed by atoms with Crippen LogP contribution < -0.4 is 5.32 Å². The molecule has 0 bridgehead atoms. The van der Waals surface area contributed by atoms with Gasteiger partial charge in [-0.1, -0.05) is 18.6 Å². The zero-order valence-electron chi connectivity index (χ0n) is 10.6. The molecule has 1 aliphatic heterocycles. The van der Waals surface area contributed by atoms with E-state index in [2.05, 4.69) is 10.2 Å². The van der Waals surface area contributed by atoms with Gasteiger partial charge in [0.25, 0.3) is 0 Å². The maximum Gasteiger partial charge on any atom is 0.163 e. The third-order valence-electron chi connectivity index (χ3n) is 3.40. The number of rotatable bonds is 5. The Hall–Kier alpha value is -1.00. The molecule has 1 aromatic rings. The molecule has 1 N–H and O–H groups in total. The van der Waals surface area contributed by atoms with Crippen molar-refractivity contribution in [2.75, 3.05) is 26.2 Å². The van der Waals surface area contributed by atoms with Crippen molar-refractivity contribution in [1.82, 2.24) is 10.2 Å². The maximum atomic E-state index is 13.4. The molecular weight excluding hydrogens is 234 g/mol. The Morgan fingerprint density at radius 3 is 2.67 bits per heavy atom. The number of likely N-dealkylation sites (tertiary alicyclic amines) is 1. The molecule has 0 aromatic heterocycles. The molecule has 0 spiro atoms. The molecule has 100 valence electrons. The van der Waals surface area contributed by atoms with Crippen LogP contribution in [0.3, 0.4) is 0 Å². The lowest BCUT2D eigenvalue weighted by molar-refractivity contribution is 0.229. The lowest BCUT2D eigenvalue weighted by atomic mass is 10.1. The van der Waals surface area contributed by atoms with Crippen LogP contribution in [0.1, 0.15) is 24.8 Å². The molecule has 0 radical (unpaired) electrons. The van der Waals surface area contributed by atoms with Gasteiger partial charge in [0.15, 0.2) is 11.6 Å². The van der Waals surface area contributed by atoms with E-state index in [9.17, 15) is 8.78 Å². The van der Waals surface area contributed by atoms with E-state index in [1.54, 1.807) is 12.1 Å². The van der Waals surface area contributed by atoms with Crippen LogP contribution in [-0.4, -0.2) is 31.1 Å². The van der Waals surface area contributed by atoms with E-state index in [1.165, 1.54) is 19.3 Å². The Kier molecular flexibility index (Phi) is 5.08. The molecule has 0 aliphatic carbocycles. The van der Waals surface area contributed by atoms with Crippen molar-refractivity contribution in [2.45, 2.75) is 25.8 Å². The molecular formula is C14H20F2N2. The third kappa shape index (κ3) is 3.75. The van der Waals surface area contributed by atoms with Crippen molar-refractivity contribution in [2.24, 2.45) is 0 Å². The highest BCUT2D eigenvalue weighted by atomic mass is 19.2. The first-order valence-corrected chi connectivity index (χ1v) is 6.63. The fraction of sp³-hybridized carbons (Fsp3) is 0.571. The number of nitrogens with zero attached hydrogens (tertiary/aromatic N) is 1. The Balaban J connectivity index is 1.70. The lowest BCUT2D eigenvalue weighted by Crippen LogP contribution is -2.35. The second-order valence-corrected chi connectivity index (χ2v) is 4.79. The highest BCUT2D eigenvalue weighted by Crippen LogP contribution is 2.11. The van der Waals surface area contributed by atoms with Crippen molar-refractivity contribution in [3.63, 3.8) is 0 Å². The monoisotopic (exact) mass is 254 g/mol. The second-order valence-electron chi connectivity index (χ2n) is 4.79. The van der Waals surface area contributed by atoms with E-state index in [1.807, 2.05) is 0 Å². The van der Waals surface area contributed by atoms with Crippen LogP contribution in [0.2, 0.25) is 0 Å². The molecule has 0 amide bonds.